The molecule has 0 saturated heterocycles. The van der Waals surface area contributed by atoms with Gasteiger partial charge in [-0.15, -0.1) is 11.3 Å². The van der Waals surface area contributed by atoms with Crippen molar-refractivity contribution in [2.75, 3.05) is 13.2 Å². The Labute approximate surface area is 87.1 Å². The molecule has 4 heteroatoms. The molecule has 2 rings (SSSR count). The maximum absolute atomic E-state index is 11.7. The number of amides is 1. The van der Waals surface area contributed by atoms with Crippen LogP contribution < -0.4 is 10.1 Å². The summed E-state index contributed by atoms with van der Waals surface area (Å²) in [5.74, 6) is 0.00551. The summed E-state index contributed by atoms with van der Waals surface area (Å²) in [5, 5.41) is 3.61. The van der Waals surface area contributed by atoms with Crippen molar-refractivity contribution >= 4 is 17.2 Å². The molecule has 3 nitrogen and oxygen atoms in total. The summed E-state index contributed by atoms with van der Waals surface area (Å²) in [5.41, 5.74) is 1.82. The maximum atomic E-state index is 11.7. The minimum atomic E-state index is 0.00551. The van der Waals surface area contributed by atoms with Crippen LogP contribution in [0.25, 0.3) is 0 Å². The first-order chi connectivity index (χ1) is 6.74. The van der Waals surface area contributed by atoms with E-state index in [4.69, 9.17) is 4.74 Å². The number of thiophene rings is 1. The van der Waals surface area contributed by atoms with Gasteiger partial charge < -0.3 is 10.1 Å². The van der Waals surface area contributed by atoms with Crippen LogP contribution in [0.4, 0.5) is 0 Å². The minimum absolute atomic E-state index is 0.00551. The summed E-state index contributed by atoms with van der Waals surface area (Å²) in [6, 6.07) is 0. The third-order valence-electron chi connectivity index (χ3n) is 2.38. The first kappa shape index (κ1) is 9.52. The summed E-state index contributed by atoms with van der Waals surface area (Å²) < 4.78 is 5.52. The van der Waals surface area contributed by atoms with E-state index in [1.54, 1.807) is 11.3 Å². The van der Waals surface area contributed by atoms with Crippen LogP contribution in [0, 0.1) is 6.92 Å². The van der Waals surface area contributed by atoms with Crippen LogP contribution in [0.15, 0.2) is 0 Å². The Morgan fingerprint density at radius 2 is 2.36 bits per heavy atom. The summed E-state index contributed by atoms with van der Waals surface area (Å²) in [6.45, 7) is 5.25. The van der Waals surface area contributed by atoms with Gasteiger partial charge in [0, 0.05) is 4.88 Å². The highest BCUT2D eigenvalue weighted by atomic mass is 32.1. The fourth-order valence-corrected chi connectivity index (χ4v) is 2.74. The molecule has 0 aromatic carbocycles. The lowest BCUT2D eigenvalue weighted by atomic mass is 10.1. The normalized spacial score (nSPS) is 15.4. The van der Waals surface area contributed by atoms with Gasteiger partial charge in [-0.3, -0.25) is 4.79 Å². The molecule has 76 valence electrons. The number of nitrogens with one attached hydrogen (secondary N) is 1. The summed E-state index contributed by atoms with van der Waals surface area (Å²) in [7, 11) is 0. The average Bonchev–Trinajstić information content (AvgIpc) is 2.37. The van der Waals surface area contributed by atoms with Gasteiger partial charge in [-0.2, -0.15) is 0 Å². The smallest absolute Gasteiger partial charge is 0.256 e. The second-order valence-electron chi connectivity index (χ2n) is 3.27. The van der Waals surface area contributed by atoms with Crippen molar-refractivity contribution in [3.63, 3.8) is 0 Å². The monoisotopic (exact) mass is 211 g/mol. The van der Waals surface area contributed by atoms with E-state index < -0.39 is 0 Å². The predicted molar refractivity (Wildman–Crippen MR) is 56.3 cm³/mol. The number of aryl methyl sites for hydroxylation is 1. The molecular formula is C10H13NO2S. The number of rotatable bonds is 1. The summed E-state index contributed by atoms with van der Waals surface area (Å²) >= 11 is 1.60. The van der Waals surface area contributed by atoms with Crippen molar-refractivity contribution in [1.82, 2.24) is 5.32 Å². The molecule has 0 fully saturated rings. The lowest BCUT2D eigenvalue weighted by molar-refractivity contribution is 0.0956. The Morgan fingerprint density at radius 3 is 3.07 bits per heavy atom. The number of ether oxygens (including phenoxy) is 1. The van der Waals surface area contributed by atoms with Crippen molar-refractivity contribution in [3.8, 4) is 5.06 Å². The van der Waals surface area contributed by atoms with E-state index in [0.29, 0.717) is 13.2 Å². The topological polar surface area (TPSA) is 38.3 Å². The molecule has 1 aliphatic heterocycles. The Kier molecular flexibility index (Phi) is 2.46. The number of carbonyl (C=O) groups is 1. The van der Waals surface area contributed by atoms with Gasteiger partial charge in [-0.05, 0) is 18.9 Å². The van der Waals surface area contributed by atoms with Crippen LogP contribution in [-0.4, -0.2) is 19.1 Å². The Balaban J connectivity index is 2.51. The van der Waals surface area contributed by atoms with Gasteiger partial charge >= 0.3 is 0 Å². The molecule has 0 radical (unpaired) electrons. The van der Waals surface area contributed by atoms with Crippen LogP contribution >= 0.6 is 11.3 Å². The average molecular weight is 211 g/mol. The molecule has 2 heterocycles. The molecule has 0 unspecified atom stereocenters. The van der Waals surface area contributed by atoms with E-state index in [2.05, 4.69) is 12.2 Å². The van der Waals surface area contributed by atoms with Crippen LogP contribution in [0.2, 0.25) is 0 Å². The van der Waals surface area contributed by atoms with E-state index >= 15 is 0 Å². The summed E-state index contributed by atoms with van der Waals surface area (Å²) in [6.07, 6.45) is 0.958. The SMILES string of the molecule is CCc1sc2c(c1C)C(=O)NCCO2. The zero-order valence-electron chi connectivity index (χ0n) is 8.35. The number of fused-ring (bicyclic) bond motifs is 1. The first-order valence-corrected chi connectivity index (χ1v) is 5.59. The molecule has 1 aliphatic rings. The van der Waals surface area contributed by atoms with Crippen molar-refractivity contribution in [2.45, 2.75) is 20.3 Å². The zero-order chi connectivity index (χ0) is 10.1. The predicted octanol–water partition coefficient (Wildman–Crippen LogP) is 1.74. The van der Waals surface area contributed by atoms with Gasteiger partial charge in [0.2, 0.25) is 0 Å². The van der Waals surface area contributed by atoms with Gasteiger partial charge in [0.15, 0.2) is 5.06 Å². The van der Waals surface area contributed by atoms with Crippen molar-refractivity contribution in [2.24, 2.45) is 0 Å². The Hall–Kier alpha value is -1.03. The fourth-order valence-electron chi connectivity index (χ4n) is 1.63. The molecule has 1 aromatic rings. The fraction of sp³-hybridized carbons (Fsp3) is 0.500. The standard InChI is InChI=1S/C10H13NO2S/c1-3-7-6(2)8-9(12)11-4-5-13-10(8)14-7/h3-5H2,1-2H3,(H,11,12). The molecule has 0 saturated carbocycles. The lowest BCUT2D eigenvalue weighted by Crippen LogP contribution is -2.24. The van der Waals surface area contributed by atoms with Gasteiger partial charge in [-0.1, -0.05) is 6.92 Å². The molecule has 1 aromatic heterocycles. The molecule has 0 aliphatic carbocycles. The van der Waals surface area contributed by atoms with E-state index in [1.807, 2.05) is 6.92 Å². The molecule has 1 N–H and O–H groups in total. The highest BCUT2D eigenvalue weighted by Crippen LogP contribution is 2.35. The van der Waals surface area contributed by atoms with E-state index in [1.165, 1.54) is 4.88 Å². The van der Waals surface area contributed by atoms with Crippen molar-refractivity contribution in [3.05, 3.63) is 16.0 Å². The largest absolute Gasteiger partial charge is 0.481 e. The van der Waals surface area contributed by atoms with Crippen LogP contribution in [0.3, 0.4) is 0 Å². The van der Waals surface area contributed by atoms with Crippen LogP contribution in [0.5, 0.6) is 5.06 Å². The van der Waals surface area contributed by atoms with Crippen LogP contribution in [-0.2, 0) is 6.42 Å². The summed E-state index contributed by atoms with van der Waals surface area (Å²) in [4.78, 5) is 12.9. The van der Waals surface area contributed by atoms with E-state index in [9.17, 15) is 4.79 Å². The van der Waals surface area contributed by atoms with Gasteiger partial charge in [0.05, 0.1) is 12.1 Å². The number of hydrogen-bond donors (Lipinski definition) is 1. The van der Waals surface area contributed by atoms with E-state index in [0.717, 1.165) is 22.6 Å². The third-order valence-corrected chi connectivity index (χ3v) is 3.73. The molecule has 0 atom stereocenters. The number of carbonyl (C=O) groups excluding carboxylic acids is 1. The van der Waals surface area contributed by atoms with Gasteiger partial charge in [0.25, 0.3) is 5.91 Å². The van der Waals surface area contributed by atoms with Crippen LogP contribution in [0.1, 0.15) is 27.7 Å². The highest BCUT2D eigenvalue weighted by molar-refractivity contribution is 7.14. The molecule has 0 bridgehead atoms. The minimum Gasteiger partial charge on any atom is -0.481 e. The zero-order valence-corrected chi connectivity index (χ0v) is 9.16. The maximum Gasteiger partial charge on any atom is 0.256 e. The van der Waals surface area contributed by atoms with Crippen molar-refractivity contribution in [1.29, 1.82) is 0 Å². The number of hydrogen-bond acceptors (Lipinski definition) is 3. The second kappa shape index (κ2) is 3.61. The lowest BCUT2D eigenvalue weighted by Gasteiger charge is -1.99. The highest BCUT2D eigenvalue weighted by Gasteiger charge is 2.23. The first-order valence-electron chi connectivity index (χ1n) is 4.77. The second-order valence-corrected chi connectivity index (χ2v) is 4.34. The van der Waals surface area contributed by atoms with E-state index in [-0.39, 0.29) is 5.91 Å². The molecular weight excluding hydrogens is 198 g/mol. The third kappa shape index (κ3) is 1.39. The quantitative estimate of drug-likeness (QED) is 0.768. The van der Waals surface area contributed by atoms with Gasteiger partial charge in [-0.25, -0.2) is 0 Å². The Morgan fingerprint density at radius 1 is 1.57 bits per heavy atom. The molecule has 0 spiro atoms. The molecule has 14 heavy (non-hydrogen) atoms. The van der Waals surface area contributed by atoms with Gasteiger partial charge in [0.1, 0.15) is 6.61 Å². The van der Waals surface area contributed by atoms with Crippen molar-refractivity contribution < 1.29 is 9.53 Å². The Bertz CT molecular complexity index is 370. The molecule has 1 amide bonds.